The summed E-state index contributed by atoms with van der Waals surface area (Å²) in [5.74, 6) is 0.230. The zero-order valence-corrected chi connectivity index (χ0v) is 17.8. The van der Waals surface area contributed by atoms with Crippen molar-refractivity contribution in [1.82, 2.24) is 4.90 Å². The third-order valence-corrected chi connectivity index (χ3v) is 5.53. The number of nitriles is 1. The Labute approximate surface area is 182 Å². The van der Waals surface area contributed by atoms with Crippen LogP contribution in [0.3, 0.4) is 0 Å². The van der Waals surface area contributed by atoms with Gasteiger partial charge in [-0.2, -0.15) is 5.26 Å². The molecule has 0 bridgehead atoms. The number of amides is 1. The Bertz CT molecular complexity index is 1030. The van der Waals surface area contributed by atoms with Gasteiger partial charge in [0.2, 0.25) is 5.91 Å². The molecule has 1 amide bonds. The lowest BCUT2D eigenvalue weighted by Crippen LogP contribution is -2.37. The number of ether oxygens (including phenoxy) is 1. The summed E-state index contributed by atoms with van der Waals surface area (Å²) < 4.78 is 4.86. The van der Waals surface area contributed by atoms with Gasteiger partial charge in [-0.1, -0.05) is 12.1 Å². The third kappa shape index (κ3) is 5.70. The summed E-state index contributed by atoms with van der Waals surface area (Å²) in [7, 11) is 1.31. The fraction of sp³-hybridized carbons (Fsp3) is 0.333. The molecule has 2 aromatic rings. The summed E-state index contributed by atoms with van der Waals surface area (Å²) >= 11 is 0. The first-order chi connectivity index (χ1) is 14.9. The molecule has 0 unspecified atom stereocenters. The molecule has 0 radical (unpaired) electrons. The highest BCUT2D eigenvalue weighted by Crippen LogP contribution is 2.27. The maximum atomic E-state index is 12.7. The van der Waals surface area contributed by atoms with E-state index in [4.69, 9.17) is 15.4 Å². The summed E-state index contributed by atoms with van der Waals surface area (Å²) in [4.78, 5) is 26.8. The minimum absolute atomic E-state index is 0.108. The van der Waals surface area contributed by atoms with E-state index in [9.17, 15) is 9.59 Å². The van der Waals surface area contributed by atoms with Crippen LogP contribution in [-0.2, 0) is 9.53 Å². The van der Waals surface area contributed by atoms with Crippen LogP contribution in [0, 0.1) is 22.7 Å². The average Bonchev–Trinajstić information content (AvgIpc) is 2.78. The molecule has 1 heterocycles. The van der Waals surface area contributed by atoms with Crippen molar-refractivity contribution in [3.05, 3.63) is 53.6 Å². The summed E-state index contributed by atoms with van der Waals surface area (Å²) in [6, 6.07) is 14.3. The number of esters is 1. The number of piperidine rings is 1. The Balaban J connectivity index is 1.77. The number of benzene rings is 2. The van der Waals surface area contributed by atoms with E-state index in [-0.39, 0.29) is 11.8 Å². The van der Waals surface area contributed by atoms with Gasteiger partial charge in [0.1, 0.15) is 0 Å². The number of hydrogen-bond donors (Lipinski definition) is 2. The molecule has 0 atom stereocenters. The molecule has 0 aliphatic carbocycles. The molecule has 31 heavy (non-hydrogen) atoms. The van der Waals surface area contributed by atoms with Gasteiger partial charge in [-0.15, -0.1) is 0 Å². The van der Waals surface area contributed by atoms with Crippen LogP contribution in [-0.4, -0.2) is 42.8 Å². The van der Waals surface area contributed by atoms with Gasteiger partial charge < -0.3 is 15.0 Å². The number of methoxy groups -OCH3 is 1. The fourth-order valence-corrected chi connectivity index (χ4v) is 3.82. The molecule has 1 fully saturated rings. The largest absolute Gasteiger partial charge is 0.465 e. The predicted molar refractivity (Wildman–Crippen MR) is 119 cm³/mol. The third-order valence-electron chi connectivity index (χ3n) is 5.53. The number of carbonyl (C=O) groups excluding carboxylic acids is 2. The van der Waals surface area contributed by atoms with Crippen LogP contribution in [0.25, 0.3) is 11.1 Å². The number of nitrogens with zero attached hydrogens (tertiary/aromatic N) is 2. The Hall–Kier alpha value is -3.66. The number of nitrogens with one attached hydrogen (secondary N) is 2. The topological polar surface area (TPSA) is 106 Å². The molecule has 7 heteroatoms. The molecule has 0 spiro atoms. The van der Waals surface area contributed by atoms with Gasteiger partial charge in [0.15, 0.2) is 0 Å². The molecule has 1 saturated heterocycles. The molecule has 3 rings (SSSR count). The first-order valence-electron chi connectivity index (χ1n) is 10.2. The standard InChI is InChI=1S/C24H26N4O3/c1-16(26)28-8-6-17(7-9-28)11-23(29)27-22-13-20(12-21(14-22)24(30)31-2)19-5-3-4-18(10-19)15-25/h3-5,10,12-14,17,26H,6-9,11H2,1-2H3,(H,27,29). The molecular formula is C24H26N4O3. The minimum Gasteiger partial charge on any atom is -0.465 e. The Kier molecular flexibility index (Phi) is 7.03. The van der Waals surface area contributed by atoms with E-state index in [1.165, 1.54) is 7.11 Å². The van der Waals surface area contributed by atoms with Crippen molar-refractivity contribution in [2.24, 2.45) is 5.92 Å². The molecule has 0 aromatic heterocycles. The number of rotatable bonds is 5. The van der Waals surface area contributed by atoms with E-state index < -0.39 is 5.97 Å². The first kappa shape index (κ1) is 22.0. The fourth-order valence-electron chi connectivity index (χ4n) is 3.82. The monoisotopic (exact) mass is 418 g/mol. The van der Waals surface area contributed by atoms with Crippen molar-refractivity contribution in [3.63, 3.8) is 0 Å². The van der Waals surface area contributed by atoms with Gasteiger partial charge in [0.25, 0.3) is 0 Å². The van der Waals surface area contributed by atoms with Gasteiger partial charge in [0.05, 0.1) is 30.1 Å². The van der Waals surface area contributed by atoms with Gasteiger partial charge in [-0.05, 0) is 67.1 Å². The van der Waals surface area contributed by atoms with E-state index in [1.807, 2.05) is 11.0 Å². The molecule has 7 nitrogen and oxygen atoms in total. The number of likely N-dealkylation sites (tertiary alicyclic amines) is 1. The van der Waals surface area contributed by atoms with Gasteiger partial charge in [-0.3, -0.25) is 10.2 Å². The zero-order chi connectivity index (χ0) is 22.4. The normalized spacial score (nSPS) is 13.9. The van der Waals surface area contributed by atoms with Crippen LogP contribution in [0.15, 0.2) is 42.5 Å². The first-order valence-corrected chi connectivity index (χ1v) is 10.2. The smallest absolute Gasteiger partial charge is 0.337 e. The van der Waals surface area contributed by atoms with Crippen LogP contribution < -0.4 is 5.32 Å². The molecule has 2 N–H and O–H groups in total. The summed E-state index contributed by atoms with van der Waals surface area (Å²) in [5, 5.41) is 19.8. The van der Waals surface area contributed by atoms with Crippen LogP contribution >= 0.6 is 0 Å². The molecule has 1 aliphatic heterocycles. The van der Waals surface area contributed by atoms with Gasteiger partial charge in [0, 0.05) is 25.2 Å². The van der Waals surface area contributed by atoms with Crippen molar-refractivity contribution in [2.45, 2.75) is 26.2 Å². The van der Waals surface area contributed by atoms with Crippen LogP contribution in [0.1, 0.15) is 42.1 Å². The Morgan fingerprint density at radius 1 is 1.19 bits per heavy atom. The number of amidine groups is 1. The van der Waals surface area contributed by atoms with Crippen LogP contribution in [0.4, 0.5) is 5.69 Å². The maximum Gasteiger partial charge on any atom is 0.337 e. The predicted octanol–water partition coefficient (Wildman–Crippen LogP) is 4.05. The molecule has 2 aromatic carbocycles. The second kappa shape index (κ2) is 9.90. The van der Waals surface area contributed by atoms with Crippen LogP contribution in [0.5, 0.6) is 0 Å². The van der Waals surface area contributed by atoms with E-state index in [2.05, 4.69) is 11.4 Å². The quantitative estimate of drug-likeness (QED) is 0.433. The summed E-state index contributed by atoms with van der Waals surface area (Å²) in [6.07, 6.45) is 2.14. The maximum absolute atomic E-state index is 12.7. The molecule has 0 saturated carbocycles. The average molecular weight is 418 g/mol. The highest BCUT2D eigenvalue weighted by molar-refractivity contribution is 5.96. The number of hydrogen-bond acceptors (Lipinski definition) is 5. The molecular weight excluding hydrogens is 392 g/mol. The number of carbonyl (C=O) groups is 2. The van der Waals surface area contributed by atoms with Crippen molar-refractivity contribution in [2.75, 3.05) is 25.5 Å². The zero-order valence-electron chi connectivity index (χ0n) is 17.8. The SMILES string of the molecule is COC(=O)c1cc(NC(=O)CC2CCN(C(C)=N)CC2)cc(-c2cccc(C#N)c2)c1. The number of anilines is 1. The lowest BCUT2D eigenvalue weighted by atomic mass is 9.93. The van der Waals surface area contributed by atoms with Crippen molar-refractivity contribution in [3.8, 4) is 17.2 Å². The summed E-state index contributed by atoms with van der Waals surface area (Å²) in [6.45, 7) is 3.38. The van der Waals surface area contributed by atoms with Crippen molar-refractivity contribution in [1.29, 1.82) is 10.7 Å². The molecule has 160 valence electrons. The summed E-state index contributed by atoms with van der Waals surface area (Å²) in [5.41, 5.74) is 2.84. The Morgan fingerprint density at radius 2 is 1.94 bits per heavy atom. The second-order valence-electron chi connectivity index (χ2n) is 7.75. The van der Waals surface area contributed by atoms with E-state index in [0.29, 0.717) is 34.6 Å². The second-order valence-corrected chi connectivity index (χ2v) is 7.75. The molecule has 1 aliphatic rings. The van der Waals surface area contributed by atoms with Crippen molar-refractivity contribution < 1.29 is 14.3 Å². The Morgan fingerprint density at radius 3 is 2.58 bits per heavy atom. The van der Waals surface area contributed by atoms with Crippen LogP contribution in [0.2, 0.25) is 0 Å². The van der Waals surface area contributed by atoms with E-state index >= 15 is 0 Å². The lowest BCUT2D eigenvalue weighted by molar-refractivity contribution is -0.117. The minimum atomic E-state index is -0.497. The van der Waals surface area contributed by atoms with Crippen molar-refractivity contribution >= 4 is 23.4 Å². The highest BCUT2D eigenvalue weighted by atomic mass is 16.5. The van der Waals surface area contributed by atoms with Gasteiger partial charge >= 0.3 is 5.97 Å². The van der Waals surface area contributed by atoms with Gasteiger partial charge in [-0.25, -0.2) is 4.79 Å². The highest BCUT2D eigenvalue weighted by Gasteiger charge is 2.22. The lowest BCUT2D eigenvalue weighted by Gasteiger charge is -2.32. The van der Waals surface area contributed by atoms with E-state index in [1.54, 1.807) is 43.3 Å². The van der Waals surface area contributed by atoms with E-state index in [0.717, 1.165) is 31.5 Å².